The Morgan fingerprint density at radius 3 is 2.00 bits per heavy atom. The fourth-order valence-corrected chi connectivity index (χ4v) is 3.88. The van der Waals surface area contributed by atoms with E-state index >= 15 is 0 Å². The van der Waals surface area contributed by atoms with Gasteiger partial charge in [-0.15, -0.1) is 0 Å². The zero-order valence-electron chi connectivity index (χ0n) is 13.9. The van der Waals surface area contributed by atoms with Gasteiger partial charge in [-0.25, -0.2) is 0 Å². The van der Waals surface area contributed by atoms with Crippen molar-refractivity contribution in [3.05, 3.63) is 95.5 Å². The van der Waals surface area contributed by atoms with E-state index in [4.69, 9.17) is 4.42 Å². The van der Waals surface area contributed by atoms with Crippen molar-refractivity contribution in [1.82, 2.24) is 0 Å². The summed E-state index contributed by atoms with van der Waals surface area (Å²) in [4.78, 5) is 0. The predicted octanol–water partition coefficient (Wildman–Crippen LogP) is 7.68. The van der Waals surface area contributed by atoms with Gasteiger partial charge in [-0.1, -0.05) is 76.6 Å². The minimum Gasteiger partial charge on any atom is -0.456 e. The summed E-state index contributed by atoms with van der Waals surface area (Å²) >= 11 is 3.59. The summed E-state index contributed by atoms with van der Waals surface area (Å²) in [5, 5.41) is 2.29. The smallest absolute Gasteiger partial charge is 0.136 e. The Hall–Kier alpha value is -2.84. The average Bonchev–Trinajstić information content (AvgIpc) is 3.06. The number of halogens is 1. The average molecular weight is 399 g/mol. The van der Waals surface area contributed by atoms with Crippen LogP contribution in [0.15, 0.2) is 99.9 Å². The maximum atomic E-state index is 6.21. The van der Waals surface area contributed by atoms with Gasteiger partial charge in [0.1, 0.15) is 11.2 Å². The second-order valence-electron chi connectivity index (χ2n) is 6.37. The highest BCUT2D eigenvalue weighted by molar-refractivity contribution is 9.10. The number of furan rings is 1. The third kappa shape index (κ3) is 2.54. The second-order valence-corrected chi connectivity index (χ2v) is 7.29. The normalized spacial score (nSPS) is 11.3. The van der Waals surface area contributed by atoms with Crippen molar-refractivity contribution >= 4 is 37.9 Å². The standard InChI is InChI=1S/C24H15BrO/c25-19-11-12-22-21(15-19)24-20(17-9-5-2-6-10-17)13-18(14-23(24)26-22)16-7-3-1-4-8-16/h1-15H. The minimum absolute atomic E-state index is 0.908. The van der Waals surface area contributed by atoms with E-state index in [1.165, 1.54) is 16.7 Å². The van der Waals surface area contributed by atoms with Gasteiger partial charge in [0.05, 0.1) is 0 Å². The van der Waals surface area contributed by atoms with Crippen LogP contribution < -0.4 is 0 Å². The van der Waals surface area contributed by atoms with Crippen LogP contribution in [0.3, 0.4) is 0 Å². The molecular formula is C24H15BrO. The summed E-state index contributed by atoms with van der Waals surface area (Å²) in [6.07, 6.45) is 0. The van der Waals surface area contributed by atoms with Crippen molar-refractivity contribution in [1.29, 1.82) is 0 Å². The molecule has 4 aromatic carbocycles. The summed E-state index contributed by atoms with van der Waals surface area (Å²) in [6, 6.07) is 31.5. The topological polar surface area (TPSA) is 13.1 Å². The van der Waals surface area contributed by atoms with E-state index in [1.54, 1.807) is 0 Å². The van der Waals surface area contributed by atoms with Gasteiger partial charge in [-0.3, -0.25) is 0 Å². The molecule has 0 aliphatic rings. The Morgan fingerprint density at radius 1 is 0.577 bits per heavy atom. The molecule has 1 nitrogen and oxygen atoms in total. The fraction of sp³-hybridized carbons (Fsp3) is 0. The Kier molecular flexibility index (Phi) is 3.65. The van der Waals surface area contributed by atoms with E-state index in [2.05, 4.69) is 82.7 Å². The zero-order chi connectivity index (χ0) is 17.5. The summed E-state index contributed by atoms with van der Waals surface area (Å²) in [7, 11) is 0. The van der Waals surface area contributed by atoms with Crippen LogP contribution in [0.1, 0.15) is 0 Å². The van der Waals surface area contributed by atoms with E-state index < -0.39 is 0 Å². The van der Waals surface area contributed by atoms with Crippen molar-refractivity contribution < 1.29 is 4.42 Å². The van der Waals surface area contributed by atoms with E-state index in [0.29, 0.717) is 0 Å². The van der Waals surface area contributed by atoms with Crippen molar-refractivity contribution in [2.45, 2.75) is 0 Å². The van der Waals surface area contributed by atoms with Gasteiger partial charge in [-0.2, -0.15) is 0 Å². The van der Waals surface area contributed by atoms with Gasteiger partial charge in [0, 0.05) is 15.2 Å². The van der Waals surface area contributed by atoms with Crippen LogP contribution in [0.5, 0.6) is 0 Å². The Morgan fingerprint density at radius 2 is 1.27 bits per heavy atom. The molecule has 1 heterocycles. The van der Waals surface area contributed by atoms with Gasteiger partial charge < -0.3 is 4.42 Å². The third-order valence-corrected chi connectivity index (χ3v) is 5.22. The zero-order valence-corrected chi connectivity index (χ0v) is 15.5. The third-order valence-electron chi connectivity index (χ3n) is 4.72. The monoisotopic (exact) mass is 398 g/mol. The van der Waals surface area contributed by atoms with Crippen LogP contribution in [0.4, 0.5) is 0 Å². The maximum Gasteiger partial charge on any atom is 0.136 e. The van der Waals surface area contributed by atoms with Crippen LogP contribution in [-0.4, -0.2) is 0 Å². The lowest BCUT2D eigenvalue weighted by Crippen LogP contribution is -1.83. The lowest BCUT2D eigenvalue weighted by atomic mass is 9.94. The van der Waals surface area contributed by atoms with Crippen molar-refractivity contribution in [3.63, 3.8) is 0 Å². The van der Waals surface area contributed by atoms with E-state index in [1.807, 2.05) is 24.3 Å². The number of hydrogen-bond acceptors (Lipinski definition) is 1. The molecule has 2 heteroatoms. The highest BCUT2D eigenvalue weighted by Gasteiger charge is 2.15. The highest BCUT2D eigenvalue weighted by atomic mass is 79.9. The molecule has 0 saturated carbocycles. The molecule has 0 N–H and O–H groups in total. The lowest BCUT2D eigenvalue weighted by molar-refractivity contribution is 0.669. The number of rotatable bonds is 2. The number of benzene rings is 4. The molecular weight excluding hydrogens is 384 g/mol. The molecule has 0 saturated heterocycles. The molecule has 0 aliphatic heterocycles. The van der Waals surface area contributed by atoms with Crippen molar-refractivity contribution in [2.75, 3.05) is 0 Å². The predicted molar refractivity (Wildman–Crippen MR) is 112 cm³/mol. The molecule has 0 radical (unpaired) electrons. The number of hydrogen-bond donors (Lipinski definition) is 0. The first kappa shape index (κ1) is 15.4. The highest BCUT2D eigenvalue weighted by Crippen LogP contribution is 2.40. The Bertz CT molecular complexity index is 1220. The summed E-state index contributed by atoms with van der Waals surface area (Å²) < 4.78 is 7.27. The van der Waals surface area contributed by atoms with Crippen molar-refractivity contribution in [3.8, 4) is 22.3 Å². The molecule has 0 amide bonds. The van der Waals surface area contributed by atoms with Gasteiger partial charge >= 0.3 is 0 Å². The molecule has 0 unspecified atom stereocenters. The molecule has 0 bridgehead atoms. The first-order chi connectivity index (χ1) is 12.8. The molecule has 0 fully saturated rings. The van der Waals surface area contributed by atoms with Crippen LogP contribution in [-0.2, 0) is 0 Å². The largest absolute Gasteiger partial charge is 0.456 e. The Balaban J connectivity index is 1.91. The van der Waals surface area contributed by atoms with Crippen molar-refractivity contribution in [2.24, 2.45) is 0 Å². The molecule has 5 aromatic rings. The lowest BCUT2D eigenvalue weighted by Gasteiger charge is -2.08. The molecule has 1 aromatic heterocycles. The Labute approximate surface area is 160 Å². The quantitative estimate of drug-likeness (QED) is 0.297. The van der Waals surface area contributed by atoms with Crippen LogP contribution in [0.25, 0.3) is 44.2 Å². The van der Waals surface area contributed by atoms with Crippen LogP contribution >= 0.6 is 15.9 Å². The van der Waals surface area contributed by atoms with Crippen LogP contribution in [0.2, 0.25) is 0 Å². The van der Waals surface area contributed by atoms with E-state index in [0.717, 1.165) is 32.0 Å². The maximum absolute atomic E-state index is 6.21. The number of fused-ring (bicyclic) bond motifs is 3. The summed E-state index contributed by atoms with van der Waals surface area (Å²) in [5.41, 5.74) is 6.56. The second kappa shape index (κ2) is 6.15. The van der Waals surface area contributed by atoms with Gasteiger partial charge in [0.25, 0.3) is 0 Å². The summed E-state index contributed by atoms with van der Waals surface area (Å²) in [5.74, 6) is 0. The summed E-state index contributed by atoms with van der Waals surface area (Å²) in [6.45, 7) is 0. The first-order valence-electron chi connectivity index (χ1n) is 8.56. The van der Waals surface area contributed by atoms with Crippen LogP contribution in [0, 0.1) is 0 Å². The van der Waals surface area contributed by atoms with E-state index in [9.17, 15) is 0 Å². The van der Waals surface area contributed by atoms with Gasteiger partial charge in [-0.05, 0) is 52.6 Å². The molecule has 124 valence electrons. The molecule has 0 aliphatic carbocycles. The minimum atomic E-state index is 0.908. The van der Waals surface area contributed by atoms with E-state index in [-0.39, 0.29) is 0 Å². The van der Waals surface area contributed by atoms with Gasteiger partial charge in [0.15, 0.2) is 0 Å². The first-order valence-corrected chi connectivity index (χ1v) is 9.35. The molecule has 5 rings (SSSR count). The van der Waals surface area contributed by atoms with Gasteiger partial charge in [0.2, 0.25) is 0 Å². The SMILES string of the molecule is Brc1ccc2oc3cc(-c4ccccc4)cc(-c4ccccc4)c3c2c1. The molecule has 26 heavy (non-hydrogen) atoms. The molecule has 0 spiro atoms. The fourth-order valence-electron chi connectivity index (χ4n) is 3.52. The molecule has 0 atom stereocenters.